The standard InChI is InChI=1S/C21H20ClNO2S2/c1-21(2,3)23-19(24)18(27-20(23)26)12-14-8-5-7-11-17(14)25-13-15-9-4-6-10-16(15)22/h4-12H,13H2,1-3H3/b18-12-. The maximum absolute atomic E-state index is 12.8. The van der Waals surface area contributed by atoms with Crippen molar-refractivity contribution in [2.75, 3.05) is 0 Å². The third kappa shape index (κ3) is 4.54. The number of amides is 1. The summed E-state index contributed by atoms with van der Waals surface area (Å²) in [6.45, 7) is 6.28. The van der Waals surface area contributed by atoms with Crippen molar-refractivity contribution < 1.29 is 9.53 Å². The van der Waals surface area contributed by atoms with E-state index in [0.717, 1.165) is 11.1 Å². The molecule has 140 valence electrons. The number of carbonyl (C=O) groups excluding carboxylic acids is 1. The summed E-state index contributed by atoms with van der Waals surface area (Å²) < 4.78 is 6.55. The molecule has 3 nitrogen and oxygen atoms in total. The molecule has 1 saturated heterocycles. The highest BCUT2D eigenvalue weighted by molar-refractivity contribution is 8.26. The maximum Gasteiger partial charge on any atom is 0.266 e. The van der Waals surface area contributed by atoms with E-state index in [4.69, 9.17) is 28.6 Å². The third-order valence-electron chi connectivity index (χ3n) is 4.01. The summed E-state index contributed by atoms with van der Waals surface area (Å²) in [5.74, 6) is 0.622. The highest BCUT2D eigenvalue weighted by Gasteiger charge is 2.39. The number of hydrogen-bond acceptors (Lipinski definition) is 4. The van der Waals surface area contributed by atoms with E-state index in [0.29, 0.717) is 26.6 Å². The molecule has 0 unspecified atom stereocenters. The second kappa shape index (κ2) is 8.05. The first-order valence-corrected chi connectivity index (χ1v) is 10.1. The zero-order valence-corrected chi connectivity index (χ0v) is 17.8. The molecule has 1 aliphatic heterocycles. The van der Waals surface area contributed by atoms with Crippen molar-refractivity contribution in [3.8, 4) is 5.75 Å². The average Bonchev–Trinajstić information content (AvgIpc) is 2.89. The normalized spacial score (nSPS) is 16.3. The van der Waals surface area contributed by atoms with Gasteiger partial charge in [-0.25, -0.2) is 0 Å². The average molecular weight is 418 g/mol. The fourth-order valence-corrected chi connectivity index (χ4v) is 4.51. The minimum Gasteiger partial charge on any atom is -0.488 e. The highest BCUT2D eigenvalue weighted by Crippen LogP contribution is 2.38. The Kier molecular flexibility index (Phi) is 5.94. The first-order chi connectivity index (χ1) is 12.8. The van der Waals surface area contributed by atoms with E-state index in [2.05, 4.69) is 0 Å². The Morgan fingerprint density at radius 1 is 1.15 bits per heavy atom. The number of nitrogens with zero attached hydrogens (tertiary/aromatic N) is 1. The van der Waals surface area contributed by atoms with Crippen molar-refractivity contribution in [1.29, 1.82) is 0 Å². The van der Waals surface area contributed by atoms with E-state index < -0.39 is 0 Å². The van der Waals surface area contributed by atoms with Gasteiger partial charge in [-0.2, -0.15) is 0 Å². The summed E-state index contributed by atoms with van der Waals surface area (Å²) in [5.41, 5.74) is 1.39. The molecule has 0 N–H and O–H groups in total. The lowest BCUT2D eigenvalue weighted by Gasteiger charge is -2.30. The molecule has 0 aliphatic carbocycles. The van der Waals surface area contributed by atoms with Gasteiger partial charge in [-0.3, -0.25) is 9.69 Å². The monoisotopic (exact) mass is 417 g/mol. The molecule has 0 saturated carbocycles. The van der Waals surface area contributed by atoms with Crippen LogP contribution in [0, 0.1) is 0 Å². The van der Waals surface area contributed by atoms with Crippen molar-refractivity contribution >= 4 is 51.9 Å². The Hall–Kier alpha value is -1.82. The van der Waals surface area contributed by atoms with Crippen LogP contribution in [0.5, 0.6) is 5.75 Å². The summed E-state index contributed by atoms with van der Waals surface area (Å²) in [6.07, 6.45) is 1.84. The molecule has 1 amide bonds. The van der Waals surface area contributed by atoms with Gasteiger partial charge in [-0.1, -0.05) is 72.0 Å². The molecule has 1 fully saturated rings. The minimum atomic E-state index is -0.350. The van der Waals surface area contributed by atoms with Gasteiger partial charge in [0.1, 0.15) is 16.7 Å². The van der Waals surface area contributed by atoms with Gasteiger partial charge < -0.3 is 4.74 Å². The lowest BCUT2D eigenvalue weighted by Crippen LogP contribution is -2.44. The molecule has 1 aliphatic rings. The smallest absolute Gasteiger partial charge is 0.266 e. The van der Waals surface area contributed by atoms with Crippen LogP contribution in [0.25, 0.3) is 6.08 Å². The Bertz CT molecular complexity index is 918. The van der Waals surface area contributed by atoms with Crippen LogP contribution in [-0.4, -0.2) is 20.7 Å². The number of ether oxygens (including phenoxy) is 1. The quantitative estimate of drug-likeness (QED) is 0.456. The van der Waals surface area contributed by atoms with Gasteiger partial charge in [-0.15, -0.1) is 0 Å². The lowest BCUT2D eigenvalue weighted by molar-refractivity contribution is -0.125. The SMILES string of the molecule is CC(C)(C)N1C(=O)/C(=C/c2ccccc2OCc2ccccc2Cl)SC1=S. The number of thioether (sulfide) groups is 1. The molecular weight excluding hydrogens is 398 g/mol. The van der Waals surface area contributed by atoms with Crippen molar-refractivity contribution in [2.45, 2.75) is 32.9 Å². The fraction of sp³-hybridized carbons (Fsp3) is 0.238. The first-order valence-electron chi connectivity index (χ1n) is 8.50. The molecule has 0 spiro atoms. The Morgan fingerprint density at radius 2 is 1.81 bits per heavy atom. The number of benzene rings is 2. The van der Waals surface area contributed by atoms with E-state index >= 15 is 0 Å². The van der Waals surface area contributed by atoms with Gasteiger partial charge in [0, 0.05) is 21.7 Å². The van der Waals surface area contributed by atoms with Crippen LogP contribution < -0.4 is 4.74 Å². The van der Waals surface area contributed by atoms with E-state index in [1.165, 1.54) is 11.8 Å². The topological polar surface area (TPSA) is 29.5 Å². The minimum absolute atomic E-state index is 0.0709. The van der Waals surface area contributed by atoms with Crippen molar-refractivity contribution in [2.24, 2.45) is 0 Å². The van der Waals surface area contributed by atoms with Crippen LogP contribution in [0.4, 0.5) is 0 Å². The zero-order chi connectivity index (χ0) is 19.6. The molecule has 0 aromatic heterocycles. The van der Waals surface area contributed by atoms with E-state index in [1.807, 2.05) is 75.4 Å². The molecule has 3 rings (SSSR count). The Labute approximate surface area is 174 Å². The zero-order valence-electron chi connectivity index (χ0n) is 15.4. The number of rotatable bonds is 4. The number of thiocarbonyl (C=S) groups is 1. The van der Waals surface area contributed by atoms with E-state index in [1.54, 1.807) is 4.90 Å². The van der Waals surface area contributed by atoms with Crippen LogP contribution in [0.2, 0.25) is 5.02 Å². The Morgan fingerprint density at radius 3 is 2.48 bits per heavy atom. The predicted octanol–water partition coefficient (Wildman–Crippen LogP) is 5.92. The number of carbonyl (C=O) groups is 1. The molecule has 2 aromatic carbocycles. The van der Waals surface area contributed by atoms with Crippen molar-refractivity contribution in [3.63, 3.8) is 0 Å². The summed E-state index contributed by atoms with van der Waals surface area (Å²) in [7, 11) is 0. The second-order valence-corrected chi connectivity index (χ2v) is 9.19. The van der Waals surface area contributed by atoms with Crippen LogP contribution in [-0.2, 0) is 11.4 Å². The molecular formula is C21H20ClNO2S2. The third-order valence-corrected chi connectivity index (χ3v) is 5.68. The van der Waals surface area contributed by atoms with Crippen LogP contribution in [0.15, 0.2) is 53.4 Å². The maximum atomic E-state index is 12.8. The van der Waals surface area contributed by atoms with Crippen molar-refractivity contribution in [1.82, 2.24) is 4.90 Å². The molecule has 0 atom stereocenters. The van der Waals surface area contributed by atoms with Gasteiger partial charge in [0.05, 0.1) is 4.91 Å². The van der Waals surface area contributed by atoms with E-state index in [-0.39, 0.29) is 11.4 Å². The van der Waals surface area contributed by atoms with Crippen LogP contribution >= 0.6 is 35.6 Å². The summed E-state index contributed by atoms with van der Waals surface area (Å²) >= 11 is 12.9. The van der Waals surface area contributed by atoms with Gasteiger partial charge in [0.2, 0.25) is 0 Å². The first kappa shape index (κ1) is 19.9. The van der Waals surface area contributed by atoms with Gasteiger partial charge in [0.25, 0.3) is 5.91 Å². The predicted molar refractivity (Wildman–Crippen MR) is 117 cm³/mol. The van der Waals surface area contributed by atoms with E-state index in [9.17, 15) is 4.79 Å². The fourth-order valence-electron chi connectivity index (χ4n) is 2.69. The van der Waals surface area contributed by atoms with Crippen LogP contribution in [0.1, 0.15) is 31.9 Å². The highest BCUT2D eigenvalue weighted by atomic mass is 35.5. The molecule has 2 aromatic rings. The van der Waals surface area contributed by atoms with Crippen LogP contribution in [0.3, 0.4) is 0 Å². The molecule has 0 radical (unpaired) electrons. The van der Waals surface area contributed by atoms with Gasteiger partial charge in [-0.05, 0) is 39.0 Å². The summed E-state index contributed by atoms with van der Waals surface area (Å²) in [4.78, 5) is 15.1. The molecule has 1 heterocycles. The molecule has 0 bridgehead atoms. The number of para-hydroxylation sites is 1. The van der Waals surface area contributed by atoms with Gasteiger partial charge in [0.15, 0.2) is 0 Å². The lowest BCUT2D eigenvalue weighted by atomic mass is 10.1. The molecule has 6 heteroatoms. The van der Waals surface area contributed by atoms with Crippen molar-refractivity contribution in [3.05, 3.63) is 69.6 Å². The Balaban J connectivity index is 1.84. The number of halogens is 1. The largest absolute Gasteiger partial charge is 0.488 e. The van der Waals surface area contributed by atoms with Gasteiger partial charge >= 0.3 is 0 Å². The summed E-state index contributed by atoms with van der Waals surface area (Å²) in [5, 5.41) is 0.668. The number of hydrogen-bond donors (Lipinski definition) is 0. The second-order valence-electron chi connectivity index (χ2n) is 7.11. The summed E-state index contributed by atoms with van der Waals surface area (Å²) in [6, 6.07) is 15.2. The molecule has 27 heavy (non-hydrogen) atoms.